The maximum absolute atomic E-state index is 11.6. The van der Waals surface area contributed by atoms with Gasteiger partial charge in [-0.15, -0.1) is 0 Å². The number of carbonyl (C=O) groups is 1. The lowest BCUT2D eigenvalue weighted by molar-refractivity contribution is -0.186. The van der Waals surface area contributed by atoms with Gasteiger partial charge >= 0.3 is 0 Å². The third-order valence-electron chi connectivity index (χ3n) is 2.87. The van der Waals surface area contributed by atoms with E-state index in [0.29, 0.717) is 0 Å². The molecule has 3 nitrogen and oxygen atoms in total. The van der Waals surface area contributed by atoms with Crippen molar-refractivity contribution in [3.8, 4) is 0 Å². The van der Waals surface area contributed by atoms with Gasteiger partial charge in [-0.05, 0) is 25.0 Å². The number of carbonyl (C=O) groups excluding carboxylic acids is 1. The fraction of sp³-hybridized carbons (Fsp3) is 0.700. The van der Waals surface area contributed by atoms with Crippen LogP contribution in [-0.2, 0) is 9.53 Å². The van der Waals surface area contributed by atoms with Crippen LogP contribution in [0.4, 0.5) is 0 Å². The molecular formula is C10H14O3. The minimum Gasteiger partial charge on any atom is -0.365 e. The Morgan fingerprint density at radius 2 is 2.08 bits per heavy atom. The first kappa shape index (κ1) is 8.91. The number of ketones is 1. The molecule has 1 aliphatic heterocycles. The van der Waals surface area contributed by atoms with Gasteiger partial charge in [0.2, 0.25) is 0 Å². The van der Waals surface area contributed by atoms with E-state index in [9.17, 15) is 9.90 Å². The highest BCUT2D eigenvalue weighted by atomic mass is 16.6. The molecule has 1 spiro atoms. The summed E-state index contributed by atoms with van der Waals surface area (Å²) >= 11 is 0. The van der Waals surface area contributed by atoms with Crippen molar-refractivity contribution in [2.45, 2.75) is 44.0 Å². The van der Waals surface area contributed by atoms with Crippen molar-refractivity contribution in [3.63, 3.8) is 0 Å². The zero-order valence-electron chi connectivity index (χ0n) is 7.53. The number of ether oxygens (including phenoxy) is 1. The fourth-order valence-corrected chi connectivity index (χ4v) is 2.14. The first-order chi connectivity index (χ1) is 6.23. The van der Waals surface area contributed by atoms with Gasteiger partial charge in [0.05, 0.1) is 0 Å². The fourth-order valence-electron chi connectivity index (χ4n) is 2.14. The Morgan fingerprint density at radius 1 is 1.38 bits per heavy atom. The van der Waals surface area contributed by atoms with Crippen LogP contribution in [0.25, 0.3) is 0 Å². The van der Waals surface area contributed by atoms with Crippen LogP contribution in [0.5, 0.6) is 0 Å². The van der Waals surface area contributed by atoms with E-state index in [-0.39, 0.29) is 5.78 Å². The molecule has 0 aromatic carbocycles. The summed E-state index contributed by atoms with van der Waals surface area (Å²) < 4.78 is 5.35. The number of rotatable bonds is 0. The van der Waals surface area contributed by atoms with Gasteiger partial charge in [-0.1, -0.05) is 19.3 Å². The minimum absolute atomic E-state index is 0.0255. The Bertz CT molecular complexity index is 239. The van der Waals surface area contributed by atoms with E-state index >= 15 is 0 Å². The highest BCUT2D eigenvalue weighted by Crippen LogP contribution is 2.35. The summed E-state index contributed by atoms with van der Waals surface area (Å²) in [6.45, 7) is 0. The van der Waals surface area contributed by atoms with Crippen LogP contribution in [0.15, 0.2) is 12.2 Å². The molecule has 1 atom stereocenters. The van der Waals surface area contributed by atoms with E-state index < -0.39 is 11.9 Å². The molecule has 1 saturated carbocycles. The zero-order valence-corrected chi connectivity index (χ0v) is 7.53. The lowest BCUT2D eigenvalue weighted by atomic mass is 9.80. The van der Waals surface area contributed by atoms with E-state index in [2.05, 4.69) is 0 Å². The van der Waals surface area contributed by atoms with Crippen molar-refractivity contribution in [1.29, 1.82) is 0 Å². The summed E-state index contributed by atoms with van der Waals surface area (Å²) in [7, 11) is 0. The van der Waals surface area contributed by atoms with E-state index in [1.165, 1.54) is 12.2 Å². The van der Waals surface area contributed by atoms with E-state index in [0.717, 1.165) is 32.1 Å². The third kappa shape index (κ3) is 1.54. The summed E-state index contributed by atoms with van der Waals surface area (Å²) in [5.41, 5.74) is -0.688. The molecule has 1 unspecified atom stereocenters. The van der Waals surface area contributed by atoms with Crippen LogP contribution in [0, 0.1) is 0 Å². The zero-order chi connectivity index (χ0) is 9.31. The van der Waals surface area contributed by atoms with Crippen molar-refractivity contribution >= 4 is 5.78 Å². The summed E-state index contributed by atoms with van der Waals surface area (Å²) in [6.07, 6.45) is 6.69. The molecule has 1 aliphatic carbocycles. The largest absolute Gasteiger partial charge is 0.365 e. The van der Waals surface area contributed by atoms with Gasteiger partial charge in [-0.25, -0.2) is 0 Å². The average molecular weight is 182 g/mol. The van der Waals surface area contributed by atoms with Gasteiger partial charge in [-0.2, -0.15) is 0 Å². The van der Waals surface area contributed by atoms with Crippen LogP contribution in [-0.4, -0.2) is 22.8 Å². The van der Waals surface area contributed by atoms with E-state index in [1.54, 1.807) is 0 Å². The molecule has 1 fully saturated rings. The Kier molecular flexibility index (Phi) is 2.22. The molecule has 13 heavy (non-hydrogen) atoms. The summed E-state index contributed by atoms with van der Waals surface area (Å²) in [4.78, 5) is 11.6. The first-order valence-electron chi connectivity index (χ1n) is 4.81. The van der Waals surface area contributed by atoms with Crippen LogP contribution in [0.2, 0.25) is 0 Å². The maximum atomic E-state index is 11.6. The molecule has 0 bridgehead atoms. The van der Waals surface area contributed by atoms with Crippen molar-refractivity contribution in [2.75, 3.05) is 0 Å². The smallest absolute Gasteiger partial charge is 0.187 e. The van der Waals surface area contributed by atoms with Gasteiger partial charge in [0.1, 0.15) is 5.60 Å². The minimum atomic E-state index is -0.893. The highest BCUT2D eigenvalue weighted by Gasteiger charge is 2.42. The van der Waals surface area contributed by atoms with E-state index in [4.69, 9.17) is 4.74 Å². The molecule has 1 heterocycles. The lowest BCUT2D eigenvalue weighted by Crippen LogP contribution is -2.47. The standard InChI is InChI=1S/C10H14O3/c11-8-4-5-9(12)13-10(8)6-2-1-3-7-10/h4-5,9,12H,1-3,6-7H2. The van der Waals surface area contributed by atoms with Crippen LogP contribution < -0.4 is 0 Å². The predicted octanol–water partition coefficient (Wildman–Crippen LogP) is 1.16. The van der Waals surface area contributed by atoms with Crippen molar-refractivity contribution in [1.82, 2.24) is 0 Å². The topological polar surface area (TPSA) is 46.5 Å². The molecule has 0 aromatic heterocycles. The summed E-state index contributed by atoms with van der Waals surface area (Å²) in [6, 6.07) is 0. The monoisotopic (exact) mass is 182 g/mol. The SMILES string of the molecule is O=C1C=CC(O)OC12CCCCC2. The van der Waals surface area contributed by atoms with Gasteiger partial charge in [0.25, 0.3) is 0 Å². The number of aliphatic hydroxyl groups excluding tert-OH is 1. The molecule has 1 N–H and O–H groups in total. The highest BCUT2D eigenvalue weighted by molar-refractivity contribution is 5.97. The number of aliphatic hydroxyl groups is 1. The first-order valence-corrected chi connectivity index (χ1v) is 4.81. The summed E-state index contributed by atoms with van der Waals surface area (Å²) in [5, 5.41) is 9.28. The Morgan fingerprint density at radius 3 is 2.77 bits per heavy atom. The molecule has 3 heteroatoms. The second-order valence-electron chi connectivity index (χ2n) is 3.79. The number of hydrogen-bond acceptors (Lipinski definition) is 3. The Hall–Kier alpha value is -0.670. The van der Waals surface area contributed by atoms with Gasteiger partial charge in [0.15, 0.2) is 12.1 Å². The average Bonchev–Trinajstić information content (AvgIpc) is 2.14. The molecule has 0 saturated heterocycles. The van der Waals surface area contributed by atoms with Crippen molar-refractivity contribution < 1.29 is 14.6 Å². The lowest BCUT2D eigenvalue weighted by Gasteiger charge is -2.38. The van der Waals surface area contributed by atoms with Crippen molar-refractivity contribution in [3.05, 3.63) is 12.2 Å². The molecular weight excluding hydrogens is 168 g/mol. The molecule has 2 aliphatic rings. The van der Waals surface area contributed by atoms with Gasteiger partial charge in [-0.3, -0.25) is 4.79 Å². The molecule has 0 aromatic rings. The van der Waals surface area contributed by atoms with Gasteiger partial charge < -0.3 is 9.84 Å². The Labute approximate surface area is 77.4 Å². The normalized spacial score (nSPS) is 32.4. The van der Waals surface area contributed by atoms with Crippen molar-refractivity contribution in [2.24, 2.45) is 0 Å². The molecule has 72 valence electrons. The predicted molar refractivity (Wildman–Crippen MR) is 47.1 cm³/mol. The van der Waals surface area contributed by atoms with Crippen LogP contribution >= 0.6 is 0 Å². The van der Waals surface area contributed by atoms with Crippen LogP contribution in [0.1, 0.15) is 32.1 Å². The third-order valence-corrected chi connectivity index (χ3v) is 2.87. The summed E-state index contributed by atoms with van der Waals surface area (Å²) in [5.74, 6) is 0.0255. The van der Waals surface area contributed by atoms with Gasteiger partial charge in [0, 0.05) is 0 Å². The van der Waals surface area contributed by atoms with E-state index in [1.807, 2.05) is 0 Å². The van der Waals surface area contributed by atoms with Crippen LogP contribution in [0.3, 0.4) is 0 Å². The second-order valence-corrected chi connectivity index (χ2v) is 3.79. The molecule has 2 rings (SSSR count). The maximum Gasteiger partial charge on any atom is 0.187 e. The number of hydrogen-bond donors (Lipinski definition) is 1. The Balaban J connectivity index is 2.19. The second kappa shape index (κ2) is 3.24. The molecule has 0 radical (unpaired) electrons. The quantitative estimate of drug-likeness (QED) is 0.611. The molecule has 0 amide bonds.